The summed E-state index contributed by atoms with van der Waals surface area (Å²) in [6.07, 6.45) is 0. The van der Waals surface area contributed by atoms with Crippen molar-refractivity contribution in [2.45, 2.75) is 27.7 Å². The molecule has 0 unspecified atom stereocenters. The summed E-state index contributed by atoms with van der Waals surface area (Å²) in [5.41, 5.74) is 6.43. The van der Waals surface area contributed by atoms with Gasteiger partial charge in [0.1, 0.15) is 11.5 Å². The number of hydrogen-bond acceptors (Lipinski definition) is 10. The highest BCUT2D eigenvalue weighted by molar-refractivity contribution is 9.10. The zero-order valence-electron chi connectivity index (χ0n) is 29.9. The summed E-state index contributed by atoms with van der Waals surface area (Å²) in [6, 6.07) is 26.3. The number of ether oxygens (including phenoxy) is 2. The Kier molecular flexibility index (Phi) is 15.0. The zero-order chi connectivity index (χ0) is 36.8. The van der Waals surface area contributed by atoms with Crippen molar-refractivity contribution in [3.63, 3.8) is 0 Å². The van der Waals surface area contributed by atoms with Crippen LogP contribution in [0.2, 0.25) is 0 Å². The lowest BCUT2D eigenvalue weighted by molar-refractivity contribution is 0.0517. The van der Waals surface area contributed by atoms with E-state index in [-0.39, 0.29) is 11.9 Å². The average molecular weight is 762 g/mol. The van der Waals surface area contributed by atoms with Crippen LogP contribution in [-0.2, 0) is 9.47 Å². The number of hydrogen-bond donors (Lipinski definition) is 3. The molecule has 0 aliphatic carbocycles. The van der Waals surface area contributed by atoms with Crippen LogP contribution in [0.5, 0.6) is 11.5 Å². The number of aryl methyl sites for hydroxylation is 2. The van der Waals surface area contributed by atoms with Crippen LogP contribution in [0, 0.1) is 13.8 Å². The molecule has 272 valence electrons. The first-order chi connectivity index (χ1) is 24.6. The van der Waals surface area contributed by atoms with E-state index in [0.717, 1.165) is 79.3 Å². The average Bonchev–Trinajstić information content (AvgIpc) is 3.16. The summed E-state index contributed by atoms with van der Waals surface area (Å²) in [7, 11) is 0. The van der Waals surface area contributed by atoms with Crippen LogP contribution in [0.4, 0.5) is 17.1 Å². The second-order valence-electron chi connectivity index (χ2n) is 12.1. The molecule has 0 radical (unpaired) electrons. The number of phenolic OH excluding ortho intramolecular Hbond substituents is 2. The highest BCUT2D eigenvalue weighted by atomic mass is 79.9. The zero-order valence-corrected chi connectivity index (χ0v) is 31.5. The number of rotatable bonds is 7. The fourth-order valence-electron chi connectivity index (χ4n) is 5.65. The fourth-order valence-corrected chi connectivity index (χ4v) is 6.12. The molecule has 0 spiro atoms. The van der Waals surface area contributed by atoms with E-state index >= 15 is 0 Å². The first-order valence-electron chi connectivity index (χ1n) is 17.3. The van der Waals surface area contributed by atoms with Crippen molar-refractivity contribution >= 4 is 44.9 Å². The molecule has 0 amide bonds. The van der Waals surface area contributed by atoms with E-state index < -0.39 is 0 Å². The minimum Gasteiger partial charge on any atom is -0.508 e. The third-order valence-electron chi connectivity index (χ3n) is 8.59. The predicted molar refractivity (Wildman–Crippen MR) is 208 cm³/mol. The van der Waals surface area contributed by atoms with Crippen molar-refractivity contribution in [3.8, 4) is 11.5 Å². The van der Waals surface area contributed by atoms with Crippen molar-refractivity contribution in [2.24, 2.45) is 0 Å². The normalized spacial score (nSPS) is 14.0. The summed E-state index contributed by atoms with van der Waals surface area (Å²) in [5.74, 6) is 0.156. The van der Waals surface area contributed by atoms with Gasteiger partial charge in [0.2, 0.25) is 0 Å². The van der Waals surface area contributed by atoms with Crippen molar-refractivity contribution < 1.29 is 29.3 Å². The quantitative estimate of drug-likeness (QED) is 0.171. The van der Waals surface area contributed by atoms with Gasteiger partial charge in [0.15, 0.2) is 0 Å². The van der Waals surface area contributed by atoms with E-state index in [1.54, 1.807) is 19.1 Å². The van der Waals surface area contributed by atoms with Crippen LogP contribution in [0.1, 0.15) is 45.7 Å². The summed E-state index contributed by atoms with van der Waals surface area (Å²) < 4.78 is 11.0. The molecule has 2 fully saturated rings. The van der Waals surface area contributed by atoms with Gasteiger partial charge >= 0.3 is 11.9 Å². The number of piperazine rings is 2. The Morgan fingerprint density at radius 3 is 1.41 bits per heavy atom. The van der Waals surface area contributed by atoms with Gasteiger partial charge < -0.3 is 39.7 Å². The standard InChI is InChI=1S/C20H24N2O3.C13H18N2O2.C7H7BrO/c1-3-25-20(24)16-4-6-17(7-5-16)21-10-12-22(13-11-21)18-8-9-19(23)15(2)14-18;1-2-17-13(16)11-3-5-12(6-4-11)15-9-7-14-8-10-15;1-5-4-6(8)2-3-7(5)9/h4-9,14,23H,3,10-13H2,1-2H3;3-6,14H,2,7-10H2,1H3;2-4,9H,1H3. The number of nitrogens with zero attached hydrogens (tertiary/aromatic N) is 3. The minimum atomic E-state index is -0.276. The molecule has 2 aliphatic heterocycles. The number of nitrogens with one attached hydrogen (secondary N) is 1. The Balaban J connectivity index is 0.000000192. The van der Waals surface area contributed by atoms with Gasteiger partial charge in [0.25, 0.3) is 0 Å². The molecule has 51 heavy (non-hydrogen) atoms. The third-order valence-corrected chi connectivity index (χ3v) is 9.08. The fraction of sp³-hybridized carbons (Fsp3) is 0.350. The smallest absolute Gasteiger partial charge is 0.338 e. The Morgan fingerprint density at radius 1 is 0.608 bits per heavy atom. The van der Waals surface area contributed by atoms with E-state index in [9.17, 15) is 14.7 Å². The van der Waals surface area contributed by atoms with Crippen molar-refractivity contribution in [1.29, 1.82) is 0 Å². The number of carbonyl (C=O) groups is 2. The van der Waals surface area contributed by atoms with Gasteiger partial charge in [-0.1, -0.05) is 15.9 Å². The third kappa shape index (κ3) is 11.7. The van der Waals surface area contributed by atoms with E-state index in [1.807, 2.05) is 93.6 Å². The predicted octanol–water partition coefficient (Wildman–Crippen LogP) is 6.94. The molecule has 0 saturated carbocycles. The number of halogens is 1. The van der Waals surface area contributed by atoms with Gasteiger partial charge in [-0.25, -0.2) is 9.59 Å². The first-order valence-corrected chi connectivity index (χ1v) is 18.1. The largest absolute Gasteiger partial charge is 0.508 e. The SMILES string of the molecule is CCOC(=O)c1ccc(N2CCN(c3ccc(O)c(C)c3)CC2)cc1.CCOC(=O)c1ccc(N2CCNCC2)cc1.Cc1cc(Br)ccc1O. The molecule has 10 nitrogen and oxygen atoms in total. The molecule has 2 heterocycles. The second kappa shape index (κ2) is 19.6. The number of phenols is 2. The number of benzene rings is 4. The second-order valence-corrected chi connectivity index (χ2v) is 13.1. The van der Waals surface area contributed by atoms with Crippen molar-refractivity contribution in [1.82, 2.24) is 5.32 Å². The van der Waals surface area contributed by atoms with Crippen LogP contribution < -0.4 is 20.0 Å². The molecule has 2 aliphatic rings. The Labute approximate surface area is 309 Å². The molecule has 2 saturated heterocycles. The molecule has 4 aromatic rings. The van der Waals surface area contributed by atoms with Crippen LogP contribution in [0.15, 0.2) is 89.4 Å². The van der Waals surface area contributed by atoms with E-state index in [0.29, 0.717) is 35.8 Å². The molecule has 4 aromatic carbocycles. The summed E-state index contributed by atoms with van der Waals surface area (Å²) in [4.78, 5) is 30.2. The molecule has 0 aromatic heterocycles. The van der Waals surface area contributed by atoms with E-state index in [4.69, 9.17) is 14.6 Å². The van der Waals surface area contributed by atoms with Gasteiger partial charge in [-0.3, -0.25) is 0 Å². The topological polar surface area (TPSA) is 115 Å². The van der Waals surface area contributed by atoms with Crippen LogP contribution in [0.3, 0.4) is 0 Å². The van der Waals surface area contributed by atoms with Crippen molar-refractivity contribution in [3.05, 3.63) is 112 Å². The van der Waals surface area contributed by atoms with Gasteiger partial charge in [-0.15, -0.1) is 0 Å². The monoisotopic (exact) mass is 760 g/mol. The lowest BCUT2D eigenvalue weighted by atomic mass is 10.1. The van der Waals surface area contributed by atoms with Crippen LogP contribution >= 0.6 is 15.9 Å². The summed E-state index contributed by atoms with van der Waals surface area (Å²) in [5, 5.41) is 22.0. The van der Waals surface area contributed by atoms with Gasteiger partial charge in [0.05, 0.1) is 24.3 Å². The minimum absolute atomic E-state index is 0.251. The Hall–Kier alpha value is -4.74. The highest BCUT2D eigenvalue weighted by Crippen LogP contribution is 2.26. The highest BCUT2D eigenvalue weighted by Gasteiger charge is 2.19. The molecular formula is C40H49BrN4O6. The van der Waals surface area contributed by atoms with Gasteiger partial charge in [-0.05, 0) is 124 Å². The number of anilines is 3. The maximum atomic E-state index is 11.7. The first kappa shape index (κ1) is 39.1. The molecule has 3 N–H and O–H groups in total. The maximum absolute atomic E-state index is 11.7. The maximum Gasteiger partial charge on any atom is 0.338 e. The van der Waals surface area contributed by atoms with Crippen molar-refractivity contribution in [2.75, 3.05) is 80.3 Å². The lowest BCUT2D eigenvalue weighted by Crippen LogP contribution is -2.46. The van der Waals surface area contributed by atoms with E-state index in [2.05, 4.69) is 35.9 Å². The molecule has 0 atom stereocenters. The Morgan fingerprint density at radius 2 is 1.00 bits per heavy atom. The molecular weight excluding hydrogens is 712 g/mol. The Bertz CT molecular complexity index is 1700. The summed E-state index contributed by atoms with van der Waals surface area (Å²) in [6.45, 7) is 15.9. The number of aromatic hydroxyl groups is 2. The van der Waals surface area contributed by atoms with Gasteiger partial charge in [0, 0.05) is 73.9 Å². The summed E-state index contributed by atoms with van der Waals surface area (Å²) >= 11 is 3.29. The molecule has 6 rings (SSSR count). The lowest BCUT2D eigenvalue weighted by Gasteiger charge is -2.37. The van der Waals surface area contributed by atoms with Crippen LogP contribution in [-0.4, -0.2) is 87.7 Å². The van der Waals surface area contributed by atoms with Crippen LogP contribution in [0.25, 0.3) is 0 Å². The number of carbonyl (C=O) groups excluding carboxylic acids is 2. The molecule has 11 heteroatoms. The molecule has 0 bridgehead atoms. The van der Waals surface area contributed by atoms with Gasteiger partial charge in [-0.2, -0.15) is 0 Å². The number of esters is 2. The van der Waals surface area contributed by atoms with E-state index in [1.165, 1.54) is 5.69 Å².